The van der Waals surface area contributed by atoms with Gasteiger partial charge < -0.3 is 48.5 Å². The maximum absolute atomic E-state index is 12.1. The van der Waals surface area contributed by atoms with E-state index in [1.165, 1.54) is 0 Å². The molecule has 20 heteroatoms. The third-order valence-electron chi connectivity index (χ3n) is 3.80. The Labute approximate surface area is 212 Å². The van der Waals surface area contributed by atoms with Crippen LogP contribution in [0.1, 0.15) is 19.3 Å². The predicted octanol–water partition coefficient (Wildman–Crippen LogP) is -3.42. The van der Waals surface area contributed by atoms with Gasteiger partial charge in [-0.25, -0.2) is 9.59 Å². The number of hydrogen-bond acceptors (Lipinski definition) is 9. The van der Waals surface area contributed by atoms with Crippen LogP contribution in [0, 0.1) is 0 Å². The van der Waals surface area contributed by atoms with Gasteiger partial charge in [0.05, 0.1) is 19.0 Å². The van der Waals surface area contributed by atoms with Gasteiger partial charge in [0.1, 0.15) is 12.1 Å². The number of rotatable bonds is 14. The summed E-state index contributed by atoms with van der Waals surface area (Å²) in [6.45, 7) is -0.293. The molecule has 0 aromatic rings. The molecule has 0 radical (unpaired) electrons. The summed E-state index contributed by atoms with van der Waals surface area (Å²) in [5, 5.41) is 31.4. The van der Waals surface area contributed by atoms with Crippen molar-refractivity contribution in [3.8, 4) is 0 Å². The SMILES string of the molecule is NC(N)=NCCC[C@H](N)C(=O)NCC(=O)N[C@H](CC(=O)O)C(=O)N[C@@H](CS)C(=O)O.O=C(O)C(F)(F)F. The first-order chi connectivity index (χ1) is 16.9. The third kappa shape index (κ3) is 18.2. The number of guanidine groups is 1. The molecule has 0 unspecified atom stereocenters. The van der Waals surface area contributed by atoms with Crippen LogP contribution in [0.15, 0.2) is 4.99 Å². The highest BCUT2D eigenvalue weighted by Gasteiger charge is 2.38. The molecule has 0 saturated carbocycles. The molecule has 37 heavy (non-hydrogen) atoms. The van der Waals surface area contributed by atoms with Crippen LogP contribution in [0.2, 0.25) is 0 Å². The van der Waals surface area contributed by atoms with E-state index >= 15 is 0 Å². The first-order valence-electron chi connectivity index (χ1n) is 9.96. The Morgan fingerprint density at radius 2 is 1.49 bits per heavy atom. The van der Waals surface area contributed by atoms with Crippen LogP contribution in [0.5, 0.6) is 0 Å². The van der Waals surface area contributed by atoms with E-state index < -0.39 is 72.9 Å². The second-order valence-corrected chi connectivity index (χ2v) is 7.24. The zero-order valence-corrected chi connectivity index (χ0v) is 19.9. The Morgan fingerprint density at radius 1 is 0.946 bits per heavy atom. The van der Waals surface area contributed by atoms with E-state index in [2.05, 4.69) is 33.6 Å². The molecule has 0 aromatic carbocycles. The van der Waals surface area contributed by atoms with Crippen molar-refractivity contribution in [3.05, 3.63) is 0 Å². The molecular weight excluding hydrogens is 535 g/mol. The quantitative estimate of drug-likeness (QED) is 0.0428. The number of carbonyl (C=O) groups excluding carboxylic acids is 3. The molecule has 0 aliphatic heterocycles. The number of nitrogens with two attached hydrogens (primary N) is 3. The lowest BCUT2D eigenvalue weighted by Crippen LogP contribution is -2.54. The molecule has 0 heterocycles. The molecule has 0 aromatic heterocycles. The summed E-state index contributed by atoms with van der Waals surface area (Å²) in [4.78, 5) is 70.5. The van der Waals surface area contributed by atoms with Gasteiger partial charge in [-0.2, -0.15) is 25.8 Å². The number of hydrogen-bond donors (Lipinski definition) is 10. The van der Waals surface area contributed by atoms with Crippen molar-refractivity contribution >= 4 is 54.2 Å². The second-order valence-electron chi connectivity index (χ2n) is 6.88. The summed E-state index contributed by atoms with van der Waals surface area (Å²) in [5.74, 6) is -8.40. The summed E-state index contributed by atoms with van der Waals surface area (Å²) >= 11 is 3.78. The number of amides is 3. The van der Waals surface area contributed by atoms with Crippen molar-refractivity contribution in [2.75, 3.05) is 18.8 Å². The minimum Gasteiger partial charge on any atom is -0.481 e. The maximum atomic E-state index is 12.1. The molecule has 0 fully saturated rings. The molecule has 0 spiro atoms. The summed E-state index contributed by atoms with van der Waals surface area (Å²) in [6, 6.07) is -3.86. The van der Waals surface area contributed by atoms with Crippen molar-refractivity contribution in [1.29, 1.82) is 0 Å². The van der Waals surface area contributed by atoms with Crippen LogP contribution in [0.3, 0.4) is 0 Å². The molecule has 0 rings (SSSR count). The fourth-order valence-electron chi connectivity index (χ4n) is 2.04. The lowest BCUT2D eigenvalue weighted by atomic mass is 10.1. The number of carboxylic acids is 3. The van der Waals surface area contributed by atoms with E-state index in [0.29, 0.717) is 6.42 Å². The summed E-state index contributed by atoms with van der Waals surface area (Å²) in [5.41, 5.74) is 16.0. The number of carboxylic acid groups (broad SMARTS) is 3. The monoisotopic (exact) mass is 563 g/mol. The summed E-state index contributed by atoms with van der Waals surface area (Å²) in [6.07, 6.45) is -5.21. The zero-order valence-electron chi connectivity index (χ0n) is 19.0. The minimum atomic E-state index is -5.08. The molecule has 0 aliphatic carbocycles. The Hall–Kier alpha value is -3.81. The highest BCUT2D eigenvalue weighted by molar-refractivity contribution is 7.80. The van der Waals surface area contributed by atoms with Crippen LogP contribution < -0.4 is 33.2 Å². The molecule has 0 aliphatic rings. The molecule has 3 atom stereocenters. The molecule has 16 nitrogen and oxygen atoms in total. The largest absolute Gasteiger partial charge is 0.490 e. The Bertz CT molecular complexity index is 855. The smallest absolute Gasteiger partial charge is 0.481 e. The standard InChI is InChI=1S/C15H27N7O7S.C2HF3O2/c16-7(2-1-3-19-15(17)18)12(26)20-5-10(23)21-8(4-11(24)25)13(27)22-9(6-30)14(28)29;3-2(4,5)1(6)7/h7-9,30H,1-6,16H2,(H,20,26)(H,21,23)(H,22,27)(H,24,25)(H,28,29)(H4,17,18,19);(H,6,7)/t7-,8+,9-;/m0./s1. The lowest BCUT2D eigenvalue weighted by Gasteiger charge is -2.20. The van der Waals surface area contributed by atoms with E-state index in [4.69, 9.17) is 37.3 Å². The van der Waals surface area contributed by atoms with Gasteiger partial charge in [-0.3, -0.25) is 24.2 Å². The molecule has 3 amide bonds. The minimum absolute atomic E-state index is 0.0892. The Balaban J connectivity index is 0. The van der Waals surface area contributed by atoms with Crippen molar-refractivity contribution in [2.45, 2.75) is 43.6 Å². The van der Waals surface area contributed by atoms with E-state index in [1.54, 1.807) is 0 Å². The van der Waals surface area contributed by atoms with Gasteiger partial charge in [-0.05, 0) is 12.8 Å². The average molecular weight is 564 g/mol. The number of aliphatic carboxylic acids is 3. The lowest BCUT2D eigenvalue weighted by molar-refractivity contribution is -0.192. The van der Waals surface area contributed by atoms with Gasteiger partial charge in [0.15, 0.2) is 5.96 Å². The second kappa shape index (κ2) is 17.6. The average Bonchev–Trinajstić information content (AvgIpc) is 2.76. The van der Waals surface area contributed by atoms with Crippen LogP contribution in [0.25, 0.3) is 0 Å². The van der Waals surface area contributed by atoms with E-state index in [0.717, 1.165) is 0 Å². The number of alkyl halides is 3. The highest BCUT2D eigenvalue weighted by atomic mass is 32.1. The number of aliphatic imine (C=N–C) groups is 1. The Kier molecular flexibility index (Phi) is 16.8. The van der Waals surface area contributed by atoms with Crippen LogP contribution in [-0.2, 0) is 28.8 Å². The summed E-state index contributed by atoms with van der Waals surface area (Å²) < 4.78 is 31.7. The van der Waals surface area contributed by atoms with Crippen molar-refractivity contribution in [2.24, 2.45) is 22.2 Å². The van der Waals surface area contributed by atoms with Gasteiger partial charge in [0, 0.05) is 12.3 Å². The third-order valence-corrected chi connectivity index (χ3v) is 4.16. The Morgan fingerprint density at radius 3 is 1.89 bits per heavy atom. The van der Waals surface area contributed by atoms with Crippen molar-refractivity contribution in [1.82, 2.24) is 16.0 Å². The van der Waals surface area contributed by atoms with E-state index in [-0.39, 0.29) is 24.7 Å². The van der Waals surface area contributed by atoms with Crippen LogP contribution in [0.4, 0.5) is 13.2 Å². The number of thiol groups is 1. The fourth-order valence-corrected chi connectivity index (χ4v) is 2.28. The first kappa shape index (κ1) is 35.4. The molecule has 0 saturated heterocycles. The summed E-state index contributed by atoms with van der Waals surface area (Å²) in [7, 11) is 0. The van der Waals surface area contributed by atoms with Crippen LogP contribution in [-0.4, -0.2) is 100 Å². The van der Waals surface area contributed by atoms with Gasteiger partial charge >= 0.3 is 24.1 Å². The van der Waals surface area contributed by atoms with Gasteiger partial charge in [0.2, 0.25) is 17.7 Å². The van der Waals surface area contributed by atoms with Crippen molar-refractivity contribution < 1.29 is 57.3 Å². The normalized spacial score (nSPS) is 12.9. The van der Waals surface area contributed by atoms with E-state index in [1.807, 2.05) is 0 Å². The molecular formula is C17H28F3N7O9S. The zero-order chi connectivity index (χ0) is 29.3. The number of nitrogens with zero attached hydrogens (tertiary/aromatic N) is 1. The van der Waals surface area contributed by atoms with Gasteiger partial charge in [-0.1, -0.05) is 0 Å². The first-order valence-corrected chi connectivity index (χ1v) is 10.6. The fraction of sp³-hybridized carbons (Fsp3) is 0.588. The highest BCUT2D eigenvalue weighted by Crippen LogP contribution is 2.13. The van der Waals surface area contributed by atoms with E-state index in [9.17, 15) is 37.1 Å². The molecule has 0 bridgehead atoms. The van der Waals surface area contributed by atoms with Crippen LogP contribution >= 0.6 is 12.6 Å². The molecule has 12 N–H and O–H groups in total. The van der Waals surface area contributed by atoms with Gasteiger partial charge in [0.25, 0.3) is 0 Å². The maximum Gasteiger partial charge on any atom is 0.490 e. The molecule has 212 valence electrons. The predicted molar refractivity (Wildman–Crippen MR) is 122 cm³/mol. The number of halogens is 3. The topological polar surface area (TPSA) is 290 Å². The number of carbonyl (C=O) groups is 6. The van der Waals surface area contributed by atoms with Crippen molar-refractivity contribution in [3.63, 3.8) is 0 Å². The number of nitrogens with one attached hydrogen (secondary N) is 3. The van der Waals surface area contributed by atoms with Gasteiger partial charge in [-0.15, -0.1) is 0 Å².